The number of benzene rings is 1. The molecule has 1 N–H and O–H groups in total. The zero-order chi connectivity index (χ0) is 20.6. The highest BCUT2D eigenvalue weighted by Crippen LogP contribution is 2.32. The molecular formula is C21H31N3O5. The van der Waals surface area contributed by atoms with E-state index in [0.29, 0.717) is 50.6 Å². The second kappa shape index (κ2) is 10.5. The summed E-state index contributed by atoms with van der Waals surface area (Å²) in [4.78, 5) is 28.2. The monoisotopic (exact) mass is 405 g/mol. The second-order valence-electron chi connectivity index (χ2n) is 7.32. The van der Waals surface area contributed by atoms with Crippen LogP contribution in [0.2, 0.25) is 0 Å². The van der Waals surface area contributed by atoms with Crippen molar-refractivity contribution in [2.45, 2.75) is 25.3 Å². The van der Waals surface area contributed by atoms with Crippen molar-refractivity contribution in [1.29, 1.82) is 0 Å². The molecule has 2 aliphatic heterocycles. The fraction of sp³-hybridized carbons (Fsp3) is 0.619. The van der Waals surface area contributed by atoms with Crippen molar-refractivity contribution in [2.75, 3.05) is 60.2 Å². The number of carbonyl (C=O) groups is 2. The van der Waals surface area contributed by atoms with Gasteiger partial charge in [-0.25, -0.2) is 0 Å². The topological polar surface area (TPSA) is 80.3 Å². The lowest BCUT2D eigenvalue weighted by atomic mass is 10.0. The molecule has 0 radical (unpaired) electrons. The third-order valence-corrected chi connectivity index (χ3v) is 5.55. The molecule has 1 atom stereocenters. The van der Waals surface area contributed by atoms with E-state index in [0.717, 1.165) is 31.6 Å². The number of nitrogens with zero attached hydrogens (tertiary/aromatic N) is 2. The van der Waals surface area contributed by atoms with Crippen LogP contribution in [0.5, 0.6) is 11.5 Å². The number of ether oxygens (including phenoxy) is 3. The van der Waals surface area contributed by atoms with E-state index in [1.165, 1.54) is 0 Å². The molecule has 0 aliphatic carbocycles. The zero-order valence-electron chi connectivity index (χ0n) is 17.3. The number of likely N-dealkylation sites (tertiary alicyclic amines) is 1. The molecule has 0 aromatic heterocycles. The number of methoxy groups -OCH3 is 2. The Labute approximate surface area is 172 Å². The Bertz CT molecular complexity index is 706. The predicted molar refractivity (Wildman–Crippen MR) is 108 cm³/mol. The molecule has 8 nitrogen and oxygen atoms in total. The molecule has 2 aliphatic rings. The van der Waals surface area contributed by atoms with E-state index in [9.17, 15) is 9.59 Å². The Morgan fingerprint density at radius 1 is 1.17 bits per heavy atom. The van der Waals surface area contributed by atoms with E-state index in [1.807, 2.05) is 18.2 Å². The lowest BCUT2D eigenvalue weighted by molar-refractivity contribution is -0.128. The fourth-order valence-corrected chi connectivity index (χ4v) is 3.88. The fourth-order valence-electron chi connectivity index (χ4n) is 3.88. The molecule has 3 rings (SSSR count). The lowest BCUT2D eigenvalue weighted by Gasteiger charge is -2.35. The third-order valence-electron chi connectivity index (χ3n) is 5.55. The molecule has 8 heteroatoms. The number of nitrogens with one attached hydrogen (secondary N) is 1. The van der Waals surface area contributed by atoms with Crippen LogP contribution in [-0.4, -0.2) is 81.8 Å². The molecule has 1 unspecified atom stereocenters. The summed E-state index contributed by atoms with van der Waals surface area (Å²) in [5.74, 6) is 1.45. The molecule has 29 heavy (non-hydrogen) atoms. The number of hydrogen-bond acceptors (Lipinski definition) is 6. The Morgan fingerprint density at radius 2 is 1.93 bits per heavy atom. The largest absolute Gasteiger partial charge is 0.493 e. The molecule has 2 saturated heterocycles. The van der Waals surface area contributed by atoms with Crippen LogP contribution in [0.15, 0.2) is 18.2 Å². The number of rotatable bonds is 9. The molecular weight excluding hydrogens is 374 g/mol. The van der Waals surface area contributed by atoms with Gasteiger partial charge in [-0.1, -0.05) is 6.07 Å². The standard InChI is InChI=1S/C21H31N3O5/c1-27-18-6-5-16(14-19(18)28-2)17(23-10-12-29-13-11-23)15-22-20(25)7-9-24-8-3-4-21(24)26/h5-6,14,17H,3-4,7-13,15H2,1-2H3,(H,22,25). The predicted octanol–water partition coefficient (Wildman–Crippen LogP) is 1.21. The summed E-state index contributed by atoms with van der Waals surface area (Å²) in [7, 11) is 3.23. The van der Waals surface area contributed by atoms with Gasteiger partial charge in [-0.05, 0) is 24.1 Å². The van der Waals surface area contributed by atoms with E-state index in [2.05, 4.69) is 10.2 Å². The Morgan fingerprint density at radius 3 is 2.59 bits per heavy atom. The average Bonchev–Trinajstić information content (AvgIpc) is 3.17. The van der Waals surface area contributed by atoms with Crippen molar-refractivity contribution >= 4 is 11.8 Å². The van der Waals surface area contributed by atoms with E-state index in [-0.39, 0.29) is 17.9 Å². The van der Waals surface area contributed by atoms with Gasteiger partial charge in [0.1, 0.15) is 0 Å². The number of amides is 2. The van der Waals surface area contributed by atoms with Gasteiger partial charge in [0.2, 0.25) is 11.8 Å². The van der Waals surface area contributed by atoms with Crippen LogP contribution in [0.4, 0.5) is 0 Å². The van der Waals surface area contributed by atoms with Crippen molar-refractivity contribution in [3.8, 4) is 11.5 Å². The van der Waals surface area contributed by atoms with Gasteiger partial charge in [0.25, 0.3) is 0 Å². The maximum Gasteiger partial charge on any atom is 0.222 e. The van der Waals surface area contributed by atoms with Crippen LogP contribution in [0, 0.1) is 0 Å². The van der Waals surface area contributed by atoms with Gasteiger partial charge in [-0.3, -0.25) is 14.5 Å². The summed E-state index contributed by atoms with van der Waals surface area (Å²) in [5.41, 5.74) is 1.06. The second-order valence-corrected chi connectivity index (χ2v) is 7.32. The van der Waals surface area contributed by atoms with Gasteiger partial charge < -0.3 is 24.4 Å². The highest BCUT2D eigenvalue weighted by Gasteiger charge is 2.25. The number of carbonyl (C=O) groups excluding carboxylic acids is 2. The van der Waals surface area contributed by atoms with Crippen LogP contribution in [-0.2, 0) is 14.3 Å². The molecule has 0 saturated carbocycles. The number of hydrogen-bond donors (Lipinski definition) is 1. The smallest absolute Gasteiger partial charge is 0.222 e. The Balaban J connectivity index is 1.64. The first kappa shape index (κ1) is 21.4. The molecule has 1 aromatic rings. The first-order chi connectivity index (χ1) is 14.1. The minimum Gasteiger partial charge on any atom is -0.493 e. The average molecular weight is 405 g/mol. The molecule has 0 bridgehead atoms. The quantitative estimate of drug-likeness (QED) is 0.665. The molecule has 2 heterocycles. The van der Waals surface area contributed by atoms with Crippen LogP contribution in [0.3, 0.4) is 0 Å². The molecule has 0 spiro atoms. The summed E-state index contributed by atoms with van der Waals surface area (Å²) in [5, 5.41) is 3.05. The SMILES string of the molecule is COc1ccc(C(CNC(=O)CCN2CCCC2=O)N2CCOCC2)cc1OC. The highest BCUT2D eigenvalue weighted by atomic mass is 16.5. The Hall–Kier alpha value is -2.32. The van der Waals surface area contributed by atoms with Gasteiger partial charge >= 0.3 is 0 Å². The van der Waals surface area contributed by atoms with Gasteiger partial charge in [0, 0.05) is 45.6 Å². The summed E-state index contributed by atoms with van der Waals surface area (Å²) >= 11 is 0. The van der Waals surface area contributed by atoms with Crippen molar-refractivity contribution in [3.05, 3.63) is 23.8 Å². The van der Waals surface area contributed by atoms with Crippen molar-refractivity contribution in [3.63, 3.8) is 0 Å². The van der Waals surface area contributed by atoms with E-state index in [4.69, 9.17) is 14.2 Å². The molecule has 2 fully saturated rings. The Kier molecular flexibility index (Phi) is 7.71. The lowest BCUT2D eigenvalue weighted by Crippen LogP contribution is -2.44. The van der Waals surface area contributed by atoms with Crippen molar-refractivity contribution in [1.82, 2.24) is 15.1 Å². The third kappa shape index (κ3) is 5.61. The van der Waals surface area contributed by atoms with Crippen molar-refractivity contribution in [2.24, 2.45) is 0 Å². The van der Waals surface area contributed by atoms with Gasteiger partial charge in [0.15, 0.2) is 11.5 Å². The van der Waals surface area contributed by atoms with Gasteiger partial charge in [-0.2, -0.15) is 0 Å². The highest BCUT2D eigenvalue weighted by molar-refractivity contribution is 5.80. The van der Waals surface area contributed by atoms with Gasteiger partial charge in [0.05, 0.1) is 33.5 Å². The van der Waals surface area contributed by atoms with Gasteiger partial charge in [-0.15, -0.1) is 0 Å². The molecule has 160 valence electrons. The minimum atomic E-state index is -0.0385. The summed E-state index contributed by atoms with van der Waals surface area (Å²) < 4.78 is 16.3. The maximum absolute atomic E-state index is 12.4. The first-order valence-electron chi connectivity index (χ1n) is 10.2. The van der Waals surface area contributed by atoms with E-state index < -0.39 is 0 Å². The minimum absolute atomic E-state index is 0.0103. The normalized spacial score (nSPS) is 18.6. The first-order valence-corrected chi connectivity index (χ1v) is 10.2. The van der Waals surface area contributed by atoms with E-state index >= 15 is 0 Å². The zero-order valence-corrected chi connectivity index (χ0v) is 17.3. The molecule has 2 amide bonds. The van der Waals surface area contributed by atoms with Crippen LogP contribution < -0.4 is 14.8 Å². The maximum atomic E-state index is 12.4. The van der Waals surface area contributed by atoms with Crippen LogP contribution >= 0.6 is 0 Å². The summed E-state index contributed by atoms with van der Waals surface area (Å²) in [6.45, 7) is 4.69. The summed E-state index contributed by atoms with van der Waals surface area (Å²) in [6, 6.07) is 5.88. The number of morpholine rings is 1. The van der Waals surface area contributed by atoms with Crippen LogP contribution in [0.1, 0.15) is 30.9 Å². The van der Waals surface area contributed by atoms with Crippen LogP contribution in [0.25, 0.3) is 0 Å². The van der Waals surface area contributed by atoms with E-state index in [1.54, 1.807) is 19.1 Å². The molecule has 1 aromatic carbocycles. The summed E-state index contributed by atoms with van der Waals surface area (Å²) in [6.07, 6.45) is 1.81. The van der Waals surface area contributed by atoms with Crippen molar-refractivity contribution < 1.29 is 23.8 Å².